The fourth-order valence-corrected chi connectivity index (χ4v) is 4.57. The van der Waals surface area contributed by atoms with Crippen molar-refractivity contribution in [2.45, 2.75) is 32.7 Å². The number of imide groups is 1. The van der Waals surface area contributed by atoms with Crippen molar-refractivity contribution in [3.8, 4) is 17.2 Å². The molecule has 1 fully saturated rings. The molecule has 1 saturated heterocycles. The number of carbonyl (C=O) groups excluding carboxylic acids is 3. The Morgan fingerprint density at radius 2 is 1.69 bits per heavy atom. The van der Waals surface area contributed by atoms with Gasteiger partial charge in [-0.05, 0) is 79.9 Å². The smallest absolute Gasteiger partial charge is 0.332 e. The predicted molar refractivity (Wildman–Crippen MR) is 149 cm³/mol. The summed E-state index contributed by atoms with van der Waals surface area (Å²) >= 11 is 0. The van der Waals surface area contributed by atoms with E-state index in [2.05, 4.69) is 5.32 Å². The van der Waals surface area contributed by atoms with Crippen LogP contribution in [0.15, 0.2) is 66.7 Å². The van der Waals surface area contributed by atoms with E-state index in [0.717, 1.165) is 16.0 Å². The van der Waals surface area contributed by atoms with Gasteiger partial charge >= 0.3 is 6.03 Å². The van der Waals surface area contributed by atoms with Crippen LogP contribution in [0.4, 0.5) is 16.2 Å². The Morgan fingerprint density at radius 1 is 0.949 bits per heavy atom. The van der Waals surface area contributed by atoms with Crippen molar-refractivity contribution in [2.75, 3.05) is 37.6 Å². The Kier molecular flexibility index (Phi) is 8.70. The molecule has 4 rings (SSSR count). The number of nitrogens with zero attached hydrogens (tertiary/aromatic N) is 2. The van der Waals surface area contributed by atoms with Gasteiger partial charge in [-0.1, -0.05) is 18.2 Å². The van der Waals surface area contributed by atoms with Crippen molar-refractivity contribution < 1.29 is 28.6 Å². The minimum absolute atomic E-state index is 0.175. The molecule has 0 saturated carbocycles. The fraction of sp³-hybridized carbons (Fsp3) is 0.300. The molecule has 9 nitrogen and oxygen atoms in total. The molecule has 204 valence electrons. The lowest BCUT2D eigenvalue weighted by Gasteiger charge is -2.22. The van der Waals surface area contributed by atoms with Crippen molar-refractivity contribution >= 4 is 29.2 Å². The molecule has 0 aliphatic carbocycles. The Bertz CT molecular complexity index is 1340. The van der Waals surface area contributed by atoms with Crippen molar-refractivity contribution in [1.82, 2.24) is 4.90 Å². The standard InChI is InChI=1S/C30H33N3O6/c1-5-39-24-12-10-22(11-13-24)31-28(34)19-25-29(35)33(23-8-6-7-20(2)17-23)30(36)32(25)16-15-21-9-14-26(37-3)27(18-21)38-4/h6-14,17-18,25H,5,15-16,19H2,1-4H3,(H,31,34)/t25-/m0/s1. The van der Waals surface area contributed by atoms with E-state index in [0.29, 0.717) is 41.7 Å². The number of amides is 4. The molecule has 3 aromatic rings. The maximum atomic E-state index is 13.6. The van der Waals surface area contributed by atoms with Crippen LogP contribution in [0.25, 0.3) is 0 Å². The molecule has 0 aromatic heterocycles. The maximum Gasteiger partial charge on any atom is 0.332 e. The Hall–Kier alpha value is -4.53. The largest absolute Gasteiger partial charge is 0.494 e. The minimum Gasteiger partial charge on any atom is -0.494 e. The first kappa shape index (κ1) is 27.5. The summed E-state index contributed by atoms with van der Waals surface area (Å²) in [5.41, 5.74) is 2.88. The normalized spacial score (nSPS) is 14.9. The van der Waals surface area contributed by atoms with E-state index >= 15 is 0 Å². The maximum absolute atomic E-state index is 13.6. The number of benzene rings is 3. The summed E-state index contributed by atoms with van der Waals surface area (Å²) in [6, 6.07) is 18.3. The van der Waals surface area contributed by atoms with Crippen molar-refractivity contribution in [1.29, 1.82) is 0 Å². The topological polar surface area (TPSA) is 97.4 Å². The van der Waals surface area contributed by atoms with E-state index < -0.39 is 18.0 Å². The first-order valence-corrected chi connectivity index (χ1v) is 12.8. The number of hydrogen-bond acceptors (Lipinski definition) is 6. The van der Waals surface area contributed by atoms with Gasteiger partial charge in [-0.25, -0.2) is 9.69 Å². The third kappa shape index (κ3) is 6.31. The van der Waals surface area contributed by atoms with Crippen molar-refractivity contribution in [3.05, 3.63) is 77.9 Å². The second-order valence-electron chi connectivity index (χ2n) is 9.15. The highest BCUT2D eigenvalue weighted by Crippen LogP contribution is 2.30. The molecule has 0 radical (unpaired) electrons. The summed E-state index contributed by atoms with van der Waals surface area (Å²) < 4.78 is 16.1. The number of anilines is 2. The average molecular weight is 532 g/mol. The second-order valence-corrected chi connectivity index (χ2v) is 9.15. The molecule has 4 amide bonds. The Balaban J connectivity index is 1.54. The number of nitrogens with one attached hydrogen (secondary N) is 1. The molecule has 1 heterocycles. The monoisotopic (exact) mass is 531 g/mol. The zero-order valence-corrected chi connectivity index (χ0v) is 22.6. The average Bonchev–Trinajstić information content (AvgIpc) is 3.16. The summed E-state index contributed by atoms with van der Waals surface area (Å²) in [5.74, 6) is 1.07. The van der Waals surface area contributed by atoms with Gasteiger partial charge in [0.15, 0.2) is 11.5 Å². The number of ether oxygens (including phenoxy) is 3. The molecule has 1 aliphatic heterocycles. The van der Waals surface area contributed by atoms with E-state index in [1.165, 1.54) is 4.90 Å². The molecular weight excluding hydrogens is 498 g/mol. The van der Waals surface area contributed by atoms with Crippen LogP contribution in [0.1, 0.15) is 24.5 Å². The zero-order valence-electron chi connectivity index (χ0n) is 22.6. The molecule has 0 unspecified atom stereocenters. The molecule has 39 heavy (non-hydrogen) atoms. The Morgan fingerprint density at radius 3 is 2.36 bits per heavy atom. The lowest BCUT2D eigenvalue weighted by atomic mass is 10.1. The number of methoxy groups -OCH3 is 2. The molecule has 1 aliphatic rings. The highest BCUT2D eigenvalue weighted by Gasteiger charge is 2.46. The number of aryl methyl sites for hydroxylation is 1. The van der Waals surface area contributed by atoms with Crippen LogP contribution in [0.2, 0.25) is 0 Å². The van der Waals surface area contributed by atoms with Gasteiger partial charge in [0.25, 0.3) is 5.91 Å². The van der Waals surface area contributed by atoms with Gasteiger partial charge in [-0.15, -0.1) is 0 Å². The van der Waals surface area contributed by atoms with Gasteiger partial charge < -0.3 is 24.4 Å². The van der Waals surface area contributed by atoms with E-state index in [1.807, 2.05) is 32.0 Å². The lowest BCUT2D eigenvalue weighted by molar-refractivity contribution is -0.124. The van der Waals surface area contributed by atoms with Crippen LogP contribution >= 0.6 is 0 Å². The lowest BCUT2D eigenvalue weighted by Crippen LogP contribution is -2.39. The van der Waals surface area contributed by atoms with Crippen LogP contribution in [0, 0.1) is 6.92 Å². The third-order valence-corrected chi connectivity index (χ3v) is 6.50. The Labute approximate surface area is 228 Å². The van der Waals surface area contributed by atoms with Crippen LogP contribution in [-0.2, 0) is 16.0 Å². The van der Waals surface area contributed by atoms with E-state index in [-0.39, 0.29) is 18.9 Å². The van der Waals surface area contributed by atoms with Crippen molar-refractivity contribution in [3.63, 3.8) is 0 Å². The summed E-state index contributed by atoms with van der Waals surface area (Å²) in [5, 5.41) is 2.83. The number of carbonyl (C=O) groups is 3. The molecular formula is C30H33N3O6. The van der Waals surface area contributed by atoms with Crippen LogP contribution in [0.5, 0.6) is 17.2 Å². The third-order valence-electron chi connectivity index (χ3n) is 6.50. The van der Waals surface area contributed by atoms with Gasteiger partial charge in [-0.2, -0.15) is 0 Å². The molecule has 1 atom stereocenters. The second kappa shape index (κ2) is 12.3. The van der Waals surface area contributed by atoms with Gasteiger partial charge in [0.1, 0.15) is 11.8 Å². The number of rotatable bonds is 11. The quantitative estimate of drug-likeness (QED) is 0.357. The van der Waals surface area contributed by atoms with Crippen LogP contribution in [0.3, 0.4) is 0 Å². The van der Waals surface area contributed by atoms with Gasteiger partial charge in [-0.3, -0.25) is 9.59 Å². The molecule has 0 spiro atoms. The first-order valence-electron chi connectivity index (χ1n) is 12.8. The van der Waals surface area contributed by atoms with Crippen LogP contribution < -0.4 is 24.4 Å². The SMILES string of the molecule is CCOc1ccc(NC(=O)C[C@H]2C(=O)N(c3cccc(C)c3)C(=O)N2CCc2ccc(OC)c(OC)c2)cc1. The number of hydrogen-bond donors (Lipinski definition) is 1. The van der Waals surface area contributed by atoms with Crippen LogP contribution in [-0.4, -0.2) is 56.2 Å². The number of urea groups is 1. The summed E-state index contributed by atoms with van der Waals surface area (Å²) in [6.45, 7) is 4.57. The predicted octanol–water partition coefficient (Wildman–Crippen LogP) is 4.82. The molecule has 0 bridgehead atoms. The van der Waals surface area contributed by atoms with Gasteiger partial charge in [0.2, 0.25) is 5.91 Å². The van der Waals surface area contributed by atoms with E-state index in [1.54, 1.807) is 62.8 Å². The fourth-order valence-electron chi connectivity index (χ4n) is 4.57. The summed E-state index contributed by atoms with van der Waals surface area (Å²) in [7, 11) is 3.12. The molecule has 3 aromatic carbocycles. The molecule has 9 heteroatoms. The first-order chi connectivity index (χ1) is 18.8. The van der Waals surface area contributed by atoms with Gasteiger partial charge in [0.05, 0.1) is 32.9 Å². The molecule has 1 N–H and O–H groups in total. The summed E-state index contributed by atoms with van der Waals surface area (Å²) in [6.07, 6.45) is 0.282. The minimum atomic E-state index is -0.944. The van der Waals surface area contributed by atoms with E-state index in [9.17, 15) is 14.4 Å². The zero-order chi connectivity index (χ0) is 27.9. The summed E-state index contributed by atoms with van der Waals surface area (Å²) in [4.78, 5) is 42.8. The highest BCUT2D eigenvalue weighted by molar-refractivity contribution is 6.22. The van der Waals surface area contributed by atoms with Crippen molar-refractivity contribution in [2.24, 2.45) is 0 Å². The van der Waals surface area contributed by atoms with Gasteiger partial charge in [0, 0.05) is 12.2 Å². The highest BCUT2D eigenvalue weighted by atomic mass is 16.5. The van der Waals surface area contributed by atoms with E-state index in [4.69, 9.17) is 14.2 Å².